The first-order valence-corrected chi connectivity index (χ1v) is 21.2. The van der Waals surface area contributed by atoms with Crippen molar-refractivity contribution in [1.82, 2.24) is 25.8 Å². The Labute approximate surface area is 367 Å². The molecule has 0 saturated heterocycles. The van der Waals surface area contributed by atoms with Crippen molar-refractivity contribution in [2.75, 3.05) is 20.6 Å². The number of aliphatic hydroxyl groups excluding tert-OH is 1. The summed E-state index contributed by atoms with van der Waals surface area (Å²) in [4.78, 5) is 102. The van der Waals surface area contributed by atoms with Gasteiger partial charge in [0.25, 0.3) is 5.91 Å². The van der Waals surface area contributed by atoms with Gasteiger partial charge in [0, 0.05) is 32.0 Å². The second-order valence-corrected chi connectivity index (χ2v) is 17.3. The number of carbonyl (C=O) groups excluding carboxylic acids is 7. The fourth-order valence-corrected chi connectivity index (χ4v) is 6.75. The Bertz CT molecular complexity index is 1880. The number of hydrogen-bond acceptors (Lipinski definition) is 10. The Morgan fingerprint density at radius 2 is 1.60 bits per heavy atom. The van der Waals surface area contributed by atoms with E-state index in [9.17, 15) is 38.7 Å². The number of nitrogens with zero attached hydrogens (tertiary/aromatic N) is 3. The van der Waals surface area contributed by atoms with Crippen LogP contribution in [0.3, 0.4) is 0 Å². The number of rotatable bonds is 7. The van der Waals surface area contributed by atoms with E-state index in [0.29, 0.717) is 23.2 Å². The lowest BCUT2D eigenvalue weighted by atomic mass is 9.90. The molecule has 1 aliphatic heterocycles. The van der Waals surface area contributed by atoms with E-state index in [1.54, 1.807) is 58.0 Å². The highest BCUT2D eigenvalue weighted by molar-refractivity contribution is 5.96. The zero-order valence-corrected chi connectivity index (χ0v) is 38.7. The maximum Gasteiger partial charge on any atom is 0.334 e. The lowest BCUT2D eigenvalue weighted by Gasteiger charge is -2.34. The van der Waals surface area contributed by atoms with Crippen LogP contribution in [-0.4, -0.2) is 119 Å². The number of allylic oxidation sites excluding steroid dienone is 1. The van der Waals surface area contributed by atoms with Gasteiger partial charge in [0.15, 0.2) is 11.8 Å². The molecule has 0 radical (unpaired) electrons. The van der Waals surface area contributed by atoms with E-state index in [4.69, 9.17) is 16.0 Å². The van der Waals surface area contributed by atoms with Gasteiger partial charge < -0.3 is 40.3 Å². The monoisotopic (exact) mass is 864 g/mol. The predicted molar refractivity (Wildman–Crippen MR) is 234 cm³/mol. The van der Waals surface area contributed by atoms with Crippen LogP contribution in [0.4, 0.5) is 5.69 Å². The minimum Gasteiger partial charge on any atom is -0.456 e. The molecule has 0 spiro atoms. The highest BCUT2D eigenvalue weighted by Gasteiger charge is 2.40. The number of ether oxygens (including phenoxy) is 2. The van der Waals surface area contributed by atoms with Crippen molar-refractivity contribution in [2.24, 2.45) is 17.8 Å². The minimum atomic E-state index is -1.60. The van der Waals surface area contributed by atoms with E-state index in [2.05, 4.69) is 20.8 Å². The fraction of sp³-hybridized carbons (Fsp3) is 0.609. The van der Waals surface area contributed by atoms with Gasteiger partial charge in [-0.2, -0.15) is 0 Å². The summed E-state index contributed by atoms with van der Waals surface area (Å²) in [6.45, 7) is 25.1. The zero-order valence-electron chi connectivity index (χ0n) is 38.7. The molecule has 1 heterocycles. The second-order valence-electron chi connectivity index (χ2n) is 17.3. The molecule has 0 fully saturated rings. The molecule has 4 N–H and O–H groups in total. The van der Waals surface area contributed by atoms with Crippen molar-refractivity contribution in [1.29, 1.82) is 0 Å². The standard InChI is InChI=1S/C46H68N6O10/c1-15-27(5)38-41(56)50-46(10,11)45(60)62-39(28(6)16-2)30(8)35(53)22-17-29(7)44(59)61-36(23-26(3)4)40(55)48-31(9)42(57)52(14)34(43(58)51(13)25-37(54)49-38)24-32-18-20-33(47-12)21-19-32/h16-21,26-27,30-31,34-36,38-39,53H,15,22-25H2,1-11,13-14H3,(H,48,55)(H,49,54)(H,50,56)/b28-16+,29-17+/t27?,30-,31-,34+,35-,36+,38-,39+/m0/s1. The van der Waals surface area contributed by atoms with Crippen LogP contribution in [0.15, 0.2) is 47.6 Å². The van der Waals surface area contributed by atoms with Gasteiger partial charge in [-0.05, 0) is 77.4 Å². The number of aliphatic hydroxyl groups is 1. The molecule has 2 rings (SSSR count). The van der Waals surface area contributed by atoms with E-state index in [1.165, 1.54) is 52.8 Å². The summed E-state index contributed by atoms with van der Waals surface area (Å²) in [5, 5.41) is 19.4. The first-order chi connectivity index (χ1) is 28.9. The predicted octanol–water partition coefficient (Wildman–Crippen LogP) is 4.18. The highest BCUT2D eigenvalue weighted by atomic mass is 16.6. The van der Waals surface area contributed by atoms with Crippen molar-refractivity contribution in [3.8, 4) is 0 Å². The molecule has 1 aliphatic rings. The van der Waals surface area contributed by atoms with Gasteiger partial charge in [-0.15, -0.1) is 0 Å². The molecule has 0 aliphatic carbocycles. The quantitative estimate of drug-likeness (QED) is 0.175. The Kier molecular flexibility index (Phi) is 20.0. The molecule has 0 saturated carbocycles. The third kappa shape index (κ3) is 14.8. The molecule has 0 aromatic heterocycles. The van der Waals surface area contributed by atoms with Gasteiger partial charge in [-0.25, -0.2) is 14.4 Å². The fourth-order valence-electron chi connectivity index (χ4n) is 6.75. The summed E-state index contributed by atoms with van der Waals surface area (Å²) in [5.74, 6) is -6.16. The molecule has 16 heteroatoms. The number of benzene rings is 1. The summed E-state index contributed by atoms with van der Waals surface area (Å²) in [7, 11) is 2.78. The summed E-state index contributed by atoms with van der Waals surface area (Å²) >= 11 is 0. The molecule has 8 atom stereocenters. The number of nitrogens with one attached hydrogen (secondary N) is 3. The molecule has 62 heavy (non-hydrogen) atoms. The minimum absolute atomic E-state index is 0.0177. The van der Waals surface area contributed by atoms with E-state index in [0.717, 1.165) is 4.90 Å². The van der Waals surface area contributed by atoms with Crippen LogP contribution in [0.25, 0.3) is 4.85 Å². The Balaban J connectivity index is 2.68. The highest BCUT2D eigenvalue weighted by Crippen LogP contribution is 2.25. The van der Waals surface area contributed by atoms with Gasteiger partial charge in [0.1, 0.15) is 29.8 Å². The SMILES string of the molecule is [C-]#[N+]c1ccc(C[C@@H]2C(=O)N(C)CC(=O)N[C@@H](C(C)CC)C(=O)NC(C)(C)C(=O)O[C@H](/C(C)=C/C)[C@@H](C)[C@@H](O)C/C=C(\C)C(=O)O[C@H](CC(C)C)C(=O)N[C@@H](C)C(=O)N2C)cc1. The van der Waals surface area contributed by atoms with Crippen LogP contribution in [0, 0.1) is 24.3 Å². The van der Waals surface area contributed by atoms with Crippen molar-refractivity contribution in [3.63, 3.8) is 0 Å². The average molecular weight is 865 g/mol. The van der Waals surface area contributed by atoms with Gasteiger partial charge >= 0.3 is 11.9 Å². The van der Waals surface area contributed by atoms with Crippen LogP contribution in [0.1, 0.15) is 101 Å². The largest absolute Gasteiger partial charge is 0.456 e. The normalized spacial score (nSPS) is 27.5. The number of hydrogen-bond donors (Lipinski definition) is 4. The number of amides is 5. The number of carbonyl (C=O) groups is 7. The summed E-state index contributed by atoms with van der Waals surface area (Å²) in [6, 6.07) is 2.97. The average Bonchev–Trinajstić information content (AvgIpc) is 3.22. The van der Waals surface area contributed by atoms with E-state index in [1.807, 2.05) is 20.8 Å². The van der Waals surface area contributed by atoms with Crippen molar-refractivity contribution >= 4 is 47.2 Å². The van der Waals surface area contributed by atoms with E-state index in [-0.39, 0.29) is 30.8 Å². The van der Waals surface area contributed by atoms with Crippen LogP contribution in [0.5, 0.6) is 0 Å². The maximum absolute atomic E-state index is 14.2. The third-order valence-corrected chi connectivity index (χ3v) is 11.3. The number of esters is 2. The first-order valence-electron chi connectivity index (χ1n) is 21.2. The molecule has 0 bridgehead atoms. The lowest BCUT2D eigenvalue weighted by Crippen LogP contribution is -2.60. The van der Waals surface area contributed by atoms with Crippen LogP contribution in [0.2, 0.25) is 0 Å². The molecule has 342 valence electrons. The summed E-state index contributed by atoms with van der Waals surface area (Å²) < 4.78 is 11.6. The first kappa shape index (κ1) is 52.6. The van der Waals surface area contributed by atoms with Crippen molar-refractivity contribution in [3.05, 3.63) is 64.5 Å². The topological polar surface area (TPSA) is 205 Å². The zero-order chi connectivity index (χ0) is 47.2. The Morgan fingerprint density at radius 3 is 2.15 bits per heavy atom. The Morgan fingerprint density at radius 1 is 0.984 bits per heavy atom. The third-order valence-electron chi connectivity index (χ3n) is 11.3. The molecule has 1 unspecified atom stereocenters. The van der Waals surface area contributed by atoms with Gasteiger partial charge in [-0.1, -0.05) is 77.5 Å². The number of cyclic esters (lactones) is 2. The van der Waals surface area contributed by atoms with Crippen molar-refractivity contribution < 1.29 is 48.1 Å². The van der Waals surface area contributed by atoms with Crippen LogP contribution in [-0.2, 0) is 49.5 Å². The summed E-state index contributed by atoms with van der Waals surface area (Å²) in [6.07, 6.45) is 0.412. The molecule has 5 amide bonds. The Hall–Kier alpha value is -5.56. The van der Waals surface area contributed by atoms with E-state index < -0.39 is 102 Å². The molecular formula is C46H68N6O10. The van der Waals surface area contributed by atoms with Crippen molar-refractivity contribution in [2.45, 2.75) is 144 Å². The smallest absolute Gasteiger partial charge is 0.334 e. The summed E-state index contributed by atoms with van der Waals surface area (Å²) in [5.41, 5.74) is 0.125. The second kappa shape index (κ2) is 23.6. The molecule has 1 aromatic rings. The van der Waals surface area contributed by atoms with Gasteiger partial charge in [0.2, 0.25) is 23.6 Å². The molecular weight excluding hydrogens is 797 g/mol. The van der Waals surface area contributed by atoms with Crippen LogP contribution < -0.4 is 16.0 Å². The van der Waals surface area contributed by atoms with Gasteiger partial charge in [0.05, 0.1) is 19.2 Å². The molecule has 1 aromatic carbocycles. The lowest BCUT2D eigenvalue weighted by molar-refractivity contribution is -0.159. The van der Waals surface area contributed by atoms with Crippen LogP contribution >= 0.6 is 0 Å². The van der Waals surface area contributed by atoms with Gasteiger partial charge in [-0.3, -0.25) is 24.0 Å². The number of likely N-dealkylation sites (N-methyl/N-ethyl adjacent to an activating group) is 2. The van der Waals surface area contributed by atoms with E-state index >= 15 is 0 Å². The molecule has 16 nitrogen and oxygen atoms in total. The maximum atomic E-state index is 14.2.